The zero-order valence-electron chi connectivity index (χ0n) is 15.0. The van der Waals surface area contributed by atoms with Crippen LogP contribution < -0.4 is 4.74 Å². The topological polar surface area (TPSA) is 65.2 Å². The highest BCUT2D eigenvalue weighted by molar-refractivity contribution is 5.77. The van der Waals surface area contributed by atoms with E-state index in [1.54, 1.807) is 16.5 Å². The van der Waals surface area contributed by atoms with Gasteiger partial charge in [0.25, 0.3) is 0 Å². The zero-order chi connectivity index (χ0) is 17.4. The first-order chi connectivity index (χ1) is 11.4. The quantitative estimate of drug-likeness (QED) is 0.858. The summed E-state index contributed by atoms with van der Waals surface area (Å²) in [5, 5.41) is 8.86. The molecular formula is C17H25N5O2. The van der Waals surface area contributed by atoms with Crippen molar-refractivity contribution in [1.29, 1.82) is 0 Å². The Morgan fingerprint density at radius 3 is 2.71 bits per heavy atom. The molecule has 2 aromatic rings. The van der Waals surface area contributed by atoms with Crippen LogP contribution in [0.5, 0.6) is 5.88 Å². The van der Waals surface area contributed by atoms with Gasteiger partial charge in [0.15, 0.2) is 0 Å². The molecule has 130 valence electrons. The molecule has 3 heterocycles. The summed E-state index contributed by atoms with van der Waals surface area (Å²) >= 11 is 0. The zero-order valence-corrected chi connectivity index (χ0v) is 15.0. The van der Waals surface area contributed by atoms with Crippen molar-refractivity contribution in [3.63, 3.8) is 0 Å². The Kier molecular flexibility index (Phi) is 4.34. The second-order valence-electron chi connectivity index (χ2n) is 6.46. The number of likely N-dealkylation sites (tertiary alicyclic amines) is 1. The summed E-state index contributed by atoms with van der Waals surface area (Å²) in [5.41, 5.74) is 3.89. The maximum Gasteiger partial charge on any atom is 0.244 e. The molecule has 1 aliphatic rings. The summed E-state index contributed by atoms with van der Waals surface area (Å²) in [6, 6.07) is 2.02. The largest absolute Gasteiger partial charge is 0.481 e. The number of aromatic nitrogens is 4. The fraction of sp³-hybridized carbons (Fsp3) is 0.588. The van der Waals surface area contributed by atoms with Crippen molar-refractivity contribution in [2.24, 2.45) is 7.05 Å². The van der Waals surface area contributed by atoms with Gasteiger partial charge in [0.05, 0.1) is 30.1 Å². The predicted molar refractivity (Wildman–Crippen MR) is 89.9 cm³/mol. The Morgan fingerprint density at radius 1 is 1.33 bits per heavy atom. The van der Waals surface area contributed by atoms with Crippen LogP contribution in [-0.2, 0) is 18.4 Å². The fourth-order valence-corrected chi connectivity index (χ4v) is 3.70. The summed E-state index contributed by atoms with van der Waals surface area (Å²) in [6.07, 6.45) is 1.93. The van der Waals surface area contributed by atoms with Gasteiger partial charge in [0, 0.05) is 19.3 Å². The summed E-state index contributed by atoms with van der Waals surface area (Å²) in [7, 11) is 3.52. The molecule has 1 amide bonds. The van der Waals surface area contributed by atoms with Crippen molar-refractivity contribution in [3.05, 3.63) is 28.7 Å². The molecule has 1 aliphatic heterocycles. The number of rotatable bonds is 4. The predicted octanol–water partition coefficient (Wildman–Crippen LogP) is 1.91. The number of hydrogen-bond donors (Lipinski definition) is 0. The molecule has 0 aliphatic carbocycles. The number of ether oxygens (including phenoxy) is 1. The van der Waals surface area contributed by atoms with Gasteiger partial charge in [-0.05, 0) is 39.7 Å². The van der Waals surface area contributed by atoms with Gasteiger partial charge in [-0.15, -0.1) is 0 Å². The van der Waals surface area contributed by atoms with Gasteiger partial charge in [-0.3, -0.25) is 9.48 Å². The maximum absolute atomic E-state index is 12.9. The van der Waals surface area contributed by atoms with Crippen molar-refractivity contribution in [2.75, 3.05) is 13.7 Å². The van der Waals surface area contributed by atoms with Crippen LogP contribution in [0.3, 0.4) is 0 Å². The van der Waals surface area contributed by atoms with Crippen LogP contribution in [0.25, 0.3) is 0 Å². The van der Waals surface area contributed by atoms with Gasteiger partial charge >= 0.3 is 0 Å². The lowest BCUT2D eigenvalue weighted by molar-refractivity contribution is -0.133. The molecule has 7 heteroatoms. The Hall–Kier alpha value is -2.31. The van der Waals surface area contributed by atoms with Crippen molar-refractivity contribution in [2.45, 2.75) is 46.2 Å². The molecule has 0 saturated carbocycles. The molecule has 0 bridgehead atoms. The smallest absolute Gasteiger partial charge is 0.244 e. The monoisotopic (exact) mass is 331 g/mol. The average molecular weight is 331 g/mol. The number of carbonyl (C=O) groups is 1. The van der Waals surface area contributed by atoms with Crippen molar-refractivity contribution >= 4 is 5.91 Å². The summed E-state index contributed by atoms with van der Waals surface area (Å²) < 4.78 is 9.04. The summed E-state index contributed by atoms with van der Waals surface area (Å²) in [6.45, 7) is 6.93. The number of carbonyl (C=O) groups excluding carboxylic acids is 1. The van der Waals surface area contributed by atoms with Crippen LogP contribution in [-0.4, -0.2) is 44.0 Å². The van der Waals surface area contributed by atoms with E-state index in [2.05, 4.69) is 10.2 Å². The molecule has 24 heavy (non-hydrogen) atoms. The van der Waals surface area contributed by atoms with Crippen LogP contribution in [0.4, 0.5) is 0 Å². The number of methoxy groups -OCH3 is 1. The van der Waals surface area contributed by atoms with Crippen molar-refractivity contribution in [3.8, 4) is 5.88 Å². The van der Waals surface area contributed by atoms with Gasteiger partial charge in [0.1, 0.15) is 6.54 Å². The Labute approximate surface area is 142 Å². The van der Waals surface area contributed by atoms with E-state index in [0.717, 1.165) is 47.9 Å². The SMILES string of the molecule is COc1c([C@H]2CCCN2C(=O)Cn2nc(C)cc2C)c(C)nn1C. The van der Waals surface area contributed by atoms with Gasteiger partial charge in [-0.25, -0.2) is 4.68 Å². The molecular weight excluding hydrogens is 306 g/mol. The molecule has 1 fully saturated rings. The number of aryl methyl sites for hydroxylation is 4. The Balaban J connectivity index is 1.86. The molecule has 1 saturated heterocycles. The third-order valence-corrected chi connectivity index (χ3v) is 4.70. The molecule has 0 unspecified atom stereocenters. The second-order valence-corrected chi connectivity index (χ2v) is 6.46. The van der Waals surface area contributed by atoms with E-state index in [9.17, 15) is 4.79 Å². The number of nitrogens with zero attached hydrogens (tertiary/aromatic N) is 5. The van der Waals surface area contributed by atoms with E-state index in [1.165, 1.54) is 0 Å². The molecule has 1 atom stereocenters. The molecule has 0 aromatic carbocycles. The van der Waals surface area contributed by atoms with E-state index < -0.39 is 0 Å². The molecule has 7 nitrogen and oxygen atoms in total. The van der Waals surface area contributed by atoms with E-state index in [1.807, 2.05) is 38.8 Å². The van der Waals surface area contributed by atoms with Crippen LogP contribution in [0, 0.1) is 20.8 Å². The highest BCUT2D eigenvalue weighted by Crippen LogP contribution is 2.38. The molecule has 2 aromatic heterocycles. The van der Waals surface area contributed by atoms with Gasteiger partial charge in [-0.2, -0.15) is 10.2 Å². The number of hydrogen-bond acceptors (Lipinski definition) is 4. The average Bonchev–Trinajstić information content (AvgIpc) is 3.17. The van der Waals surface area contributed by atoms with Crippen molar-refractivity contribution in [1.82, 2.24) is 24.5 Å². The van der Waals surface area contributed by atoms with E-state index >= 15 is 0 Å². The highest BCUT2D eigenvalue weighted by Gasteiger charge is 2.35. The third-order valence-electron chi connectivity index (χ3n) is 4.70. The van der Waals surface area contributed by atoms with Crippen molar-refractivity contribution < 1.29 is 9.53 Å². The summed E-state index contributed by atoms with van der Waals surface area (Å²) in [5.74, 6) is 0.831. The highest BCUT2D eigenvalue weighted by atomic mass is 16.5. The third kappa shape index (κ3) is 2.79. The number of amides is 1. The van der Waals surface area contributed by atoms with E-state index in [4.69, 9.17) is 4.74 Å². The van der Waals surface area contributed by atoms with Crippen LogP contribution in [0.1, 0.15) is 41.5 Å². The lowest BCUT2D eigenvalue weighted by Gasteiger charge is -2.25. The Bertz CT molecular complexity index is 761. The maximum atomic E-state index is 12.9. The molecule has 0 radical (unpaired) electrons. The summed E-state index contributed by atoms with van der Waals surface area (Å²) in [4.78, 5) is 14.8. The lowest BCUT2D eigenvalue weighted by atomic mass is 10.0. The minimum Gasteiger partial charge on any atom is -0.481 e. The second kappa shape index (κ2) is 6.30. The van der Waals surface area contributed by atoms with Crippen LogP contribution in [0.2, 0.25) is 0 Å². The minimum absolute atomic E-state index is 0.0260. The minimum atomic E-state index is 0.0260. The fourth-order valence-electron chi connectivity index (χ4n) is 3.70. The molecule has 0 spiro atoms. The van der Waals surface area contributed by atoms with Crippen LogP contribution >= 0.6 is 0 Å². The van der Waals surface area contributed by atoms with Gasteiger partial charge < -0.3 is 9.64 Å². The normalized spacial score (nSPS) is 17.5. The first-order valence-electron chi connectivity index (χ1n) is 8.30. The Morgan fingerprint density at radius 2 is 2.08 bits per heavy atom. The first-order valence-corrected chi connectivity index (χ1v) is 8.30. The van der Waals surface area contributed by atoms with E-state index in [0.29, 0.717) is 0 Å². The lowest BCUT2D eigenvalue weighted by Crippen LogP contribution is -2.34. The standard InChI is InChI=1S/C17H25N5O2/c1-11-9-12(2)22(18-11)10-15(23)21-8-6-7-14(21)16-13(3)19-20(4)17(16)24-5/h9,14H,6-8,10H2,1-5H3/t14-/m1/s1. The first kappa shape index (κ1) is 16.5. The van der Waals surface area contributed by atoms with Crippen LogP contribution in [0.15, 0.2) is 6.07 Å². The van der Waals surface area contributed by atoms with Gasteiger partial charge in [0.2, 0.25) is 11.8 Å². The molecule has 0 N–H and O–H groups in total. The van der Waals surface area contributed by atoms with Gasteiger partial charge in [-0.1, -0.05) is 0 Å². The molecule has 3 rings (SSSR count). The van der Waals surface area contributed by atoms with E-state index in [-0.39, 0.29) is 18.5 Å².